The van der Waals surface area contributed by atoms with Crippen LogP contribution in [0.2, 0.25) is 0 Å². The average molecular weight is 393 g/mol. The van der Waals surface area contributed by atoms with E-state index in [0.29, 0.717) is 12.0 Å². The van der Waals surface area contributed by atoms with Crippen molar-refractivity contribution in [2.24, 2.45) is 0 Å². The Morgan fingerprint density at radius 3 is 2.83 bits per heavy atom. The largest absolute Gasteiger partial charge is 0.389 e. The van der Waals surface area contributed by atoms with Crippen LogP contribution in [0.3, 0.4) is 0 Å². The number of aryl methyl sites for hydroxylation is 1. The number of hydrogen-bond donors (Lipinski definition) is 1. The summed E-state index contributed by atoms with van der Waals surface area (Å²) in [6.07, 6.45) is 5.12. The highest BCUT2D eigenvalue weighted by atomic mass is 79.9. The van der Waals surface area contributed by atoms with E-state index in [1.165, 1.54) is 12.1 Å². The third kappa shape index (κ3) is 3.14. The Hall–Kier alpha value is -1.99. The van der Waals surface area contributed by atoms with Gasteiger partial charge in [-0.3, -0.25) is 4.68 Å². The van der Waals surface area contributed by atoms with Gasteiger partial charge in [-0.15, -0.1) is 0 Å². The number of aliphatic hydroxyl groups excluding tert-OH is 1. The molecule has 2 heterocycles. The average Bonchev–Trinajstić information content (AvgIpc) is 3.15. The molecule has 1 aromatic carbocycles. The molecule has 24 heavy (non-hydrogen) atoms. The predicted molar refractivity (Wildman–Crippen MR) is 92.6 cm³/mol. The lowest BCUT2D eigenvalue weighted by molar-refractivity contribution is 0.198. The fourth-order valence-electron chi connectivity index (χ4n) is 2.68. The van der Waals surface area contributed by atoms with Crippen molar-refractivity contribution in [1.29, 1.82) is 0 Å². The molecule has 7 heteroatoms. The fraction of sp³-hybridized carbons (Fsp3) is 0.294. The van der Waals surface area contributed by atoms with E-state index >= 15 is 0 Å². The number of aromatic nitrogens is 4. The second kappa shape index (κ2) is 6.86. The van der Waals surface area contributed by atoms with Crippen molar-refractivity contribution in [2.75, 3.05) is 0 Å². The second-order valence-corrected chi connectivity index (χ2v) is 6.30. The maximum atomic E-state index is 13.5. The second-order valence-electron chi connectivity index (χ2n) is 5.55. The van der Waals surface area contributed by atoms with Crippen LogP contribution in [0.25, 0.3) is 5.69 Å². The predicted octanol–water partition coefficient (Wildman–Crippen LogP) is 3.63. The van der Waals surface area contributed by atoms with Gasteiger partial charge in [-0.05, 0) is 48.0 Å². The zero-order valence-corrected chi connectivity index (χ0v) is 15.0. The monoisotopic (exact) mass is 392 g/mol. The fourth-order valence-corrected chi connectivity index (χ4v) is 3.27. The maximum Gasteiger partial charge on any atom is 0.123 e. The molecule has 3 rings (SSSR count). The molecule has 3 aromatic rings. The van der Waals surface area contributed by atoms with Crippen LogP contribution in [0.5, 0.6) is 0 Å². The zero-order chi connectivity index (χ0) is 17.3. The van der Waals surface area contributed by atoms with Crippen LogP contribution < -0.4 is 0 Å². The Balaban J connectivity index is 2.01. The van der Waals surface area contributed by atoms with Crippen molar-refractivity contribution >= 4 is 15.9 Å². The molecule has 0 saturated carbocycles. The van der Waals surface area contributed by atoms with Gasteiger partial charge in [-0.25, -0.2) is 9.37 Å². The van der Waals surface area contributed by atoms with Crippen molar-refractivity contribution in [3.05, 3.63) is 64.2 Å². The van der Waals surface area contributed by atoms with Gasteiger partial charge in [0.15, 0.2) is 0 Å². The van der Waals surface area contributed by atoms with Crippen molar-refractivity contribution in [1.82, 2.24) is 19.3 Å². The molecule has 0 bridgehead atoms. The minimum absolute atomic E-state index is 0.372. The Bertz CT molecular complexity index is 856. The van der Waals surface area contributed by atoms with Crippen LogP contribution in [0.4, 0.5) is 4.39 Å². The van der Waals surface area contributed by atoms with E-state index < -0.39 is 6.10 Å². The topological polar surface area (TPSA) is 55.9 Å². The first-order valence-electron chi connectivity index (χ1n) is 7.71. The molecule has 0 aliphatic heterocycles. The molecule has 1 N–H and O–H groups in total. The van der Waals surface area contributed by atoms with E-state index in [9.17, 15) is 9.50 Å². The van der Waals surface area contributed by atoms with Gasteiger partial charge in [0.25, 0.3) is 0 Å². The van der Waals surface area contributed by atoms with Gasteiger partial charge in [-0.1, -0.05) is 0 Å². The summed E-state index contributed by atoms with van der Waals surface area (Å²) in [4.78, 5) is 4.42. The number of nitrogens with zero attached hydrogens (tertiary/aromatic N) is 4. The molecule has 2 aromatic heterocycles. The molecule has 5 nitrogen and oxygen atoms in total. The Morgan fingerprint density at radius 1 is 1.38 bits per heavy atom. The third-order valence-corrected chi connectivity index (χ3v) is 4.83. The van der Waals surface area contributed by atoms with Gasteiger partial charge < -0.3 is 9.67 Å². The summed E-state index contributed by atoms with van der Waals surface area (Å²) in [5.74, 6) is 0.420. The lowest BCUT2D eigenvalue weighted by atomic mass is 10.1. The first-order chi connectivity index (χ1) is 11.5. The van der Waals surface area contributed by atoms with Crippen LogP contribution in [-0.4, -0.2) is 24.4 Å². The molecule has 0 amide bonds. The maximum absolute atomic E-state index is 13.5. The summed E-state index contributed by atoms with van der Waals surface area (Å²) in [7, 11) is 0. The van der Waals surface area contributed by atoms with Gasteiger partial charge >= 0.3 is 0 Å². The summed E-state index contributed by atoms with van der Waals surface area (Å²) in [6.45, 7) is 4.42. The SMILES string of the molecule is CCn1ncc(Cc2nccn2-c2ccc(F)cc2C(C)O)c1Br. The highest BCUT2D eigenvalue weighted by Crippen LogP contribution is 2.26. The highest BCUT2D eigenvalue weighted by molar-refractivity contribution is 9.10. The number of hydrogen-bond acceptors (Lipinski definition) is 3. The van der Waals surface area contributed by atoms with Crippen molar-refractivity contribution in [2.45, 2.75) is 32.9 Å². The first kappa shape index (κ1) is 16.9. The number of imidazole rings is 1. The molecule has 0 spiro atoms. The molecule has 0 fully saturated rings. The van der Waals surface area contributed by atoms with Crippen LogP contribution in [0.1, 0.15) is 36.9 Å². The molecule has 1 unspecified atom stereocenters. The van der Waals surface area contributed by atoms with E-state index in [2.05, 4.69) is 26.0 Å². The number of rotatable bonds is 5. The van der Waals surface area contributed by atoms with Gasteiger partial charge in [-0.2, -0.15) is 5.10 Å². The van der Waals surface area contributed by atoms with Gasteiger partial charge in [0.2, 0.25) is 0 Å². The highest BCUT2D eigenvalue weighted by Gasteiger charge is 2.16. The standard InChI is InChI=1S/C17H18BrFN4O/c1-3-23-17(18)12(10-21-23)8-16-20-6-7-22(16)15-5-4-13(19)9-14(15)11(2)24/h4-7,9-11,24H,3,8H2,1-2H3. The van der Waals surface area contributed by atoms with E-state index in [1.54, 1.807) is 19.2 Å². The number of halogens is 2. The molecular formula is C17H18BrFN4O. The summed E-state index contributed by atoms with van der Waals surface area (Å²) in [6, 6.07) is 4.40. The van der Waals surface area contributed by atoms with E-state index in [-0.39, 0.29) is 5.82 Å². The van der Waals surface area contributed by atoms with Crippen LogP contribution in [0, 0.1) is 5.82 Å². The summed E-state index contributed by atoms with van der Waals surface area (Å²) >= 11 is 3.56. The van der Waals surface area contributed by atoms with Crippen molar-refractivity contribution < 1.29 is 9.50 Å². The van der Waals surface area contributed by atoms with Crippen LogP contribution >= 0.6 is 15.9 Å². The lowest BCUT2D eigenvalue weighted by Crippen LogP contribution is -2.07. The van der Waals surface area contributed by atoms with Crippen molar-refractivity contribution in [3.63, 3.8) is 0 Å². The Morgan fingerprint density at radius 2 is 2.17 bits per heavy atom. The minimum Gasteiger partial charge on any atom is -0.389 e. The van der Waals surface area contributed by atoms with E-state index in [0.717, 1.165) is 28.2 Å². The molecule has 0 aliphatic rings. The van der Waals surface area contributed by atoms with Gasteiger partial charge in [0.05, 0.1) is 18.0 Å². The summed E-state index contributed by atoms with van der Waals surface area (Å²) in [5, 5.41) is 14.3. The van der Waals surface area contributed by atoms with Crippen LogP contribution in [-0.2, 0) is 13.0 Å². The molecule has 126 valence electrons. The summed E-state index contributed by atoms with van der Waals surface area (Å²) in [5.41, 5.74) is 2.26. The normalized spacial score (nSPS) is 12.5. The smallest absolute Gasteiger partial charge is 0.123 e. The van der Waals surface area contributed by atoms with Gasteiger partial charge in [0.1, 0.15) is 16.2 Å². The first-order valence-corrected chi connectivity index (χ1v) is 8.50. The minimum atomic E-state index is -0.777. The van der Waals surface area contributed by atoms with E-state index in [1.807, 2.05) is 28.6 Å². The molecule has 0 saturated heterocycles. The Labute approximate surface area is 147 Å². The third-order valence-electron chi connectivity index (χ3n) is 3.91. The quantitative estimate of drug-likeness (QED) is 0.720. The molecule has 0 aliphatic carbocycles. The molecular weight excluding hydrogens is 375 g/mol. The summed E-state index contributed by atoms with van der Waals surface area (Å²) < 4.78 is 18.2. The zero-order valence-electron chi connectivity index (χ0n) is 13.4. The number of benzene rings is 1. The van der Waals surface area contributed by atoms with Crippen LogP contribution in [0.15, 0.2) is 41.4 Å². The molecule has 0 radical (unpaired) electrons. The molecule has 1 atom stereocenters. The van der Waals surface area contributed by atoms with Gasteiger partial charge in [0, 0.05) is 36.5 Å². The van der Waals surface area contributed by atoms with E-state index in [4.69, 9.17) is 0 Å². The Kier molecular flexibility index (Phi) is 4.82. The van der Waals surface area contributed by atoms with Crippen molar-refractivity contribution in [3.8, 4) is 5.69 Å². The number of aliphatic hydroxyl groups is 1. The lowest BCUT2D eigenvalue weighted by Gasteiger charge is -2.15.